The van der Waals surface area contributed by atoms with E-state index >= 15 is 0 Å². The molecule has 0 aliphatic carbocycles. The molecule has 0 spiro atoms. The van der Waals surface area contributed by atoms with Gasteiger partial charge in [-0.05, 0) is 31.4 Å². The lowest BCUT2D eigenvalue weighted by molar-refractivity contribution is 0.322. The van der Waals surface area contributed by atoms with E-state index in [4.69, 9.17) is 4.74 Å². The minimum Gasteiger partial charge on any atom is -0.492 e. The molecular weight excluding hydrogens is 314 g/mol. The van der Waals surface area contributed by atoms with Crippen molar-refractivity contribution in [2.75, 3.05) is 37.7 Å². The van der Waals surface area contributed by atoms with Gasteiger partial charge in [-0.2, -0.15) is 0 Å². The Labute approximate surface area is 138 Å². The van der Waals surface area contributed by atoms with Crippen molar-refractivity contribution in [1.29, 1.82) is 0 Å². The molecule has 1 saturated heterocycles. The lowest BCUT2D eigenvalue weighted by Gasteiger charge is -2.13. The third-order valence-electron chi connectivity index (χ3n) is 3.59. The lowest BCUT2D eigenvalue weighted by Crippen LogP contribution is -2.39. The lowest BCUT2D eigenvalue weighted by atomic mass is 10.1. The van der Waals surface area contributed by atoms with Crippen LogP contribution in [0.5, 0.6) is 5.75 Å². The molecule has 1 atom stereocenters. The number of ether oxygens (including phenoxy) is 1. The Bertz CT molecular complexity index is 602. The summed E-state index contributed by atoms with van der Waals surface area (Å²) in [7, 11) is -2.84. The molecule has 0 aromatic heterocycles. The van der Waals surface area contributed by atoms with Crippen molar-refractivity contribution in [3.05, 3.63) is 30.3 Å². The Morgan fingerprint density at radius 3 is 2.74 bits per heavy atom. The predicted octanol–water partition coefficient (Wildman–Crippen LogP) is 1.06. The van der Waals surface area contributed by atoms with E-state index in [1.807, 2.05) is 37.3 Å². The van der Waals surface area contributed by atoms with Crippen molar-refractivity contribution in [3.63, 3.8) is 0 Å². The molecule has 1 aromatic carbocycles. The maximum Gasteiger partial charge on any atom is 0.191 e. The van der Waals surface area contributed by atoms with E-state index in [1.165, 1.54) is 0 Å². The first-order valence-corrected chi connectivity index (χ1v) is 9.81. The first kappa shape index (κ1) is 17.6. The Kier molecular flexibility index (Phi) is 6.70. The van der Waals surface area contributed by atoms with Gasteiger partial charge in [0.25, 0.3) is 0 Å². The summed E-state index contributed by atoms with van der Waals surface area (Å²) in [5.74, 6) is 2.23. The number of guanidine groups is 1. The normalized spacial score (nSPS) is 20.2. The van der Waals surface area contributed by atoms with Crippen LogP contribution >= 0.6 is 0 Å². The largest absolute Gasteiger partial charge is 0.492 e. The summed E-state index contributed by atoms with van der Waals surface area (Å²) < 4.78 is 28.5. The summed E-state index contributed by atoms with van der Waals surface area (Å²) in [4.78, 5) is 4.48. The van der Waals surface area contributed by atoms with Crippen molar-refractivity contribution in [1.82, 2.24) is 10.6 Å². The van der Waals surface area contributed by atoms with E-state index in [-0.39, 0.29) is 11.7 Å². The van der Waals surface area contributed by atoms with Crippen LogP contribution < -0.4 is 15.4 Å². The van der Waals surface area contributed by atoms with Crippen LogP contribution in [-0.4, -0.2) is 52.1 Å². The van der Waals surface area contributed by atoms with Gasteiger partial charge in [-0.25, -0.2) is 8.42 Å². The average Bonchev–Trinajstić information content (AvgIpc) is 2.89. The summed E-state index contributed by atoms with van der Waals surface area (Å²) in [6, 6.07) is 9.65. The van der Waals surface area contributed by atoms with Crippen molar-refractivity contribution in [2.45, 2.75) is 13.3 Å². The number of nitrogens with one attached hydrogen (secondary N) is 2. The highest BCUT2D eigenvalue weighted by Gasteiger charge is 2.27. The van der Waals surface area contributed by atoms with E-state index in [2.05, 4.69) is 15.6 Å². The molecule has 23 heavy (non-hydrogen) atoms. The first-order chi connectivity index (χ1) is 11.1. The molecule has 2 rings (SSSR count). The number of aliphatic imine (C=N–C) groups is 1. The van der Waals surface area contributed by atoms with Crippen LogP contribution in [0.3, 0.4) is 0 Å². The van der Waals surface area contributed by atoms with Crippen LogP contribution in [0.25, 0.3) is 0 Å². The standard InChI is InChI=1S/C16H25N3O3S/c1-2-17-16(19-12-14-8-11-23(20,21)13-14)18-9-10-22-15-6-4-3-5-7-15/h3-7,14H,2,8-13H2,1H3,(H2,17,18,19). The van der Waals surface area contributed by atoms with Gasteiger partial charge < -0.3 is 15.4 Å². The van der Waals surface area contributed by atoms with Gasteiger partial charge >= 0.3 is 0 Å². The zero-order valence-corrected chi connectivity index (χ0v) is 14.3. The van der Waals surface area contributed by atoms with Gasteiger partial charge in [0.2, 0.25) is 0 Å². The van der Waals surface area contributed by atoms with Gasteiger partial charge in [-0.1, -0.05) is 18.2 Å². The summed E-state index contributed by atoms with van der Waals surface area (Å²) in [5.41, 5.74) is 0. The molecule has 7 heteroatoms. The quantitative estimate of drug-likeness (QED) is 0.441. The fourth-order valence-electron chi connectivity index (χ4n) is 2.43. The van der Waals surface area contributed by atoms with Gasteiger partial charge in [0, 0.05) is 13.1 Å². The van der Waals surface area contributed by atoms with E-state index in [1.54, 1.807) is 0 Å². The second-order valence-electron chi connectivity index (χ2n) is 5.58. The zero-order valence-electron chi connectivity index (χ0n) is 13.5. The van der Waals surface area contributed by atoms with Crippen LogP contribution in [-0.2, 0) is 9.84 Å². The summed E-state index contributed by atoms with van der Waals surface area (Å²) in [6.07, 6.45) is 0.711. The highest BCUT2D eigenvalue weighted by Crippen LogP contribution is 2.18. The monoisotopic (exact) mass is 339 g/mol. The molecule has 128 valence electrons. The smallest absolute Gasteiger partial charge is 0.191 e. The topological polar surface area (TPSA) is 79.8 Å². The Balaban J connectivity index is 1.73. The van der Waals surface area contributed by atoms with Gasteiger partial charge in [0.05, 0.1) is 18.1 Å². The molecule has 2 N–H and O–H groups in total. The van der Waals surface area contributed by atoms with E-state index < -0.39 is 9.84 Å². The molecular formula is C16H25N3O3S. The fraction of sp³-hybridized carbons (Fsp3) is 0.562. The zero-order chi connectivity index (χ0) is 16.5. The van der Waals surface area contributed by atoms with Crippen LogP contribution in [0, 0.1) is 5.92 Å². The molecule has 0 bridgehead atoms. The maximum absolute atomic E-state index is 11.5. The van der Waals surface area contributed by atoms with Gasteiger partial charge in [-0.3, -0.25) is 4.99 Å². The Morgan fingerprint density at radius 2 is 2.09 bits per heavy atom. The number of nitrogens with zero attached hydrogens (tertiary/aromatic N) is 1. The number of rotatable bonds is 7. The van der Waals surface area contributed by atoms with Crippen LogP contribution in [0.4, 0.5) is 0 Å². The molecule has 0 amide bonds. The number of hydrogen-bond donors (Lipinski definition) is 2. The Morgan fingerprint density at radius 1 is 1.30 bits per heavy atom. The van der Waals surface area contributed by atoms with Crippen molar-refractivity contribution < 1.29 is 13.2 Å². The van der Waals surface area contributed by atoms with Gasteiger partial charge in [0.1, 0.15) is 12.4 Å². The number of para-hydroxylation sites is 1. The maximum atomic E-state index is 11.5. The highest BCUT2D eigenvalue weighted by molar-refractivity contribution is 7.91. The number of sulfone groups is 1. The fourth-order valence-corrected chi connectivity index (χ4v) is 4.28. The molecule has 1 aliphatic heterocycles. The van der Waals surface area contributed by atoms with Gasteiger partial charge in [-0.15, -0.1) is 0 Å². The molecule has 0 saturated carbocycles. The van der Waals surface area contributed by atoms with Crippen LogP contribution in [0.1, 0.15) is 13.3 Å². The third-order valence-corrected chi connectivity index (χ3v) is 5.42. The summed E-state index contributed by atoms with van der Waals surface area (Å²) in [5, 5.41) is 6.36. The van der Waals surface area contributed by atoms with E-state index in [0.29, 0.717) is 37.8 Å². The number of benzene rings is 1. The van der Waals surface area contributed by atoms with E-state index in [9.17, 15) is 8.42 Å². The molecule has 1 heterocycles. The summed E-state index contributed by atoms with van der Waals surface area (Å²) in [6.45, 7) is 4.45. The minimum atomic E-state index is -2.84. The first-order valence-electron chi connectivity index (χ1n) is 7.99. The third kappa shape index (κ3) is 6.48. The van der Waals surface area contributed by atoms with Crippen LogP contribution in [0.2, 0.25) is 0 Å². The van der Waals surface area contributed by atoms with Crippen molar-refractivity contribution >= 4 is 15.8 Å². The van der Waals surface area contributed by atoms with Gasteiger partial charge in [0.15, 0.2) is 15.8 Å². The molecule has 1 fully saturated rings. The Hall–Kier alpha value is -1.76. The van der Waals surface area contributed by atoms with Crippen molar-refractivity contribution in [2.24, 2.45) is 10.9 Å². The molecule has 1 aromatic rings. The van der Waals surface area contributed by atoms with E-state index in [0.717, 1.165) is 12.3 Å². The van der Waals surface area contributed by atoms with Crippen LogP contribution in [0.15, 0.2) is 35.3 Å². The second kappa shape index (κ2) is 8.76. The average molecular weight is 339 g/mol. The minimum absolute atomic E-state index is 0.135. The molecule has 0 radical (unpaired) electrons. The SMILES string of the molecule is CCNC(=NCC1CCS(=O)(=O)C1)NCCOc1ccccc1. The highest BCUT2D eigenvalue weighted by atomic mass is 32.2. The molecule has 6 nitrogen and oxygen atoms in total. The number of hydrogen-bond acceptors (Lipinski definition) is 4. The second-order valence-corrected chi connectivity index (χ2v) is 7.81. The summed E-state index contributed by atoms with van der Waals surface area (Å²) >= 11 is 0. The molecule has 1 aliphatic rings. The van der Waals surface area contributed by atoms with Crippen molar-refractivity contribution in [3.8, 4) is 5.75 Å². The predicted molar refractivity (Wildman–Crippen MR) is 92.7 cm³/mol. The molecule has 1 unspecified atom stereocenters.